The molecule has 4 rings (SSSR count). The number of nitrogens with two attached hydrogens (primary N) is 1. The lowest BCUT2D eigenvalue weighted by atomic mass is 10.3. The second-order valence-electron chi connectivity index (χ2n) is 6.06. The van der Waals surface area contributed by atoms with Crippen molar-refractivity contribution in [3.63, 3.8) is 0 Å². The van der Waals surface area contributed by atoms with E-state index in [2.05, 4.69) is 31.2 Å². The first kappa shape index (κ1) is 18.8. The Bertz CT molecular complexity index is 1090. The maximum absolute atomic E-state index is 6.19. The molecule has 0 radical (unpaired) electrons. The Hall–Kier alpha value is -3.58. The summed E-state index contributed by atoms with van der Waals surface area (Å²) in [5.74, 6) is 2.89. The van der Waals surface area contributed by atoms with E-state index in [1.54, 1.807) is 0 Å². The lowest BCUT2D eigenvalue weighted by molar-refractivity contribution is 0.464. The van der Waals surface area contributed by atoms with Gasteiger partial charge >= 0.3 is 0 Å². The van der Waals surface area contributed by atoms with Gasteiger partial charge in [0.2, 0.25) is 5.88 Å². The lowest BCUT2D eigenvalue weighted by Gasteiger charge is -2.12. The minimum absolute atomic E-state index is 0.286. The summed E-state index contributed by atoms with van der Waals surface area (Å²) in [6.45, 7) is 0. The fourth-order valence-corrected chi connectivity index (χ4v) is 2.81. The Morgan fingerprint density at radius 3 is 2.07 bits per heavy atom. The molecule has 7 heteroatoms. The Morgan fingerprint density at radius 2 is 1.34 bits per heavy atom. The summed E-state index contributed by atoms with van der Waals surface area (Å²) < 4.78 is 12.5. The van der Waals surface area contributed by atoms with Crippen molar-refractivity contribution in [3.8, 4) is 23.1 Å². The number of aromatic nitrogens is 2. The summed E-state index contributed by atoms with van der Waals surface area (Å²) in [6, 6.07) is 24.5. The van der Waals surface area contributed by atoms with Crippen LogP contribution < -0.4 is 20.5 Å². The summed E-state index contributed by atoms with van der Waals surface area (Å²) in [7, 11) is 0. The van der Waals surface area contributed by atoms with E-state index in [9.17, 15) is 0 Å². The molecule has 0 saturated carbocycles. The van der Waals surface area contributed by atoms with Gasteiger partial charge < -0.3 is 20.5 Å². The smallest absolute Gasteiger partial charge is 0.248 e. The summed E-state index contributed by atoms with van der Waals surface area (Å²) in [5, 5.41) is 3.18. The van der Waals surface area contributed by atoms with Gasteiger partial charge in [-0.2, -0.15) is 4.98 Å². The van der Waals surface area contributed by atoms with Gasteiger partial charge in [0, 0.05) is 10.2 Å². The number of halogens is 1. The van der Waals surface area contributed by atoms with Crippen LogP contribution in [0.4, 0.5) is 17.2 Å². The summed E-state index contributed by atoms with van der Waals surface area (Å²) in [4.78, 5) is 8.34. The average Bonchev–Trinajstić information content (AvgIpc) is 2.75. The van der Waals surface area contributed by atoms with Gasteiger partial charge in [0.25, 0.3) is 0 Å². The molecule has 0 amide bonds. The number of para-hydroxylation sites is 1. The molecular weight excluding hydrogens is 432 g/mol. The number of hydrogen-bond acceptors (Lipinski definition) is 6. The third-order valence-electron chi connectivity index (χ3n) is 3.97. The van der Waals surface area contributed by atoms with Gasteiger partial charge in [-0.1, -0.05) is 34.1 Å². The van der Waals surface area contributed by atoms with Crippen LogP contribution in [0.2, 0.25) is 0 Å². The first-order valence-corrected chi connectivity index (χ1v) is 9.60. The van der Waals surface area contributed by atoms with Crippen molar-refractivity contribution in [3.05, 3.63) is 89.7 Å². The second kappa shape index (κ2) is 8.62. The Kier molecular flexibility index (Phi) is 5.58. The van der Waals surface area contributed by atoms with Crippen LogP contribution in [0.25, 0.3) is 0 Å². The van der Waals surface area contributed by atoms with Crippen molar-refractivity contribution in [2.75, 3.05) is 11.1 Å². The number of nitrogen functional groups attached to an aromatic ring is 1. The normalized spacial score (nSPS) is 10.4. The highest BCUT2D eigenvalue weighted by Gasteiger charge is 2.11. The largest absolute Gasteiger partial charge is 0.457 e. The molecule has 3 aromatic carbocycles. The molecule has 0 aliphatic heterocycles. The zero-order valence-electron chi connectivity index (χ0n) is 15.2. The van der Waals surface area contributed by atoms with E-state index >= 15 is 0 Å². The minimum Gasteiger partial charge on any atom is -0.457 e. The number of ether oxygens (including phenoxy) is 2. The maximum atomic E-state index is 6.19. The molecule has 1 heterocycles. The van der Waals surface area contributed by atoms with Crippen LogP contribution in [0, 0.1) is 0 Å². The van der Waals surface area contributed by atoms with E-state index in [1.807, 2.05) is 78.9 Å². The molecule has 0 aliphatic carbocycles. The van der Waals surface area contributed by atoms with Gasteiger partial charge in [-0.25, -0.2) is 4.98 Å². The van der Waals surface area contributed by atoms with Gasteiger partial charge in [-0.15, -0.1) is 0 Å². The van der Waals surface area contributed by atoms with Crippen LogP contribution in [-0.4, -0.2) is 9.97 Å². The number of rotatable bonds is 6. The molecule has 0 aliphatic rings. The van der Waals surface area contributed by atoms with Crippen LogP contribution in [-0.2, 0) is 0 Å². The van der Waals surface area contributed by atoms with Gasteiger partial charge in [0.15, 0.2) is 5.82 Å². The Labute approximate surface area is 176 Å². The van der Waals surface area contributed by atoms with Crippen molar-refractivity contribution in [2.24, 2.45) is 0 Å². The SMILES string of the molecule is Nc1c(Nc2ccc(Oc3ccccc3)cc2)ncnc1Oc1ccc(Br)cc1. The number of benzene rings is 3. The lowest BCUT2D eigenvalue weighted by Crippen LogP contribution is -2.03. The van der Waals surface area contributed by atoms with E-state index in [0.717, 1.165) is 21.7 Å². The first-order chi connectivity index (χ1) is 14.2. The van der Waals surface area contributed by atoms with Gasteiger partial charge in [0.1, 0.15) is 29.3 Å². The van der Waals surface area contributed by atoms with E-state index in [1.165, 1.54) is 6.33 Å². The van der Waals surface area contributed by atoms with Gasteiger partial charge in [-0.3, -0.25) is 0 Å². The predicted octanol–water partition coefficient (Wildman–Crippen LogP) is 6.15. The van der Waals surface area contributed by atoms with Crippen molar-refractivity contribution in [1.29, 1.82) is 0 Å². The van der Waals surface area contributed by atoms with E-state index < -0.39 is 0 Å². The van der Waals surface area contributed by atoms with E-state index in [4.69, 9.17) is 15.2 Å². The zero-order valence-corrected chi connectivity index (χ0v) is 16.8. The zero-order chi connectivity index (χ0) is 20.1. The molecule has 0 atom stereocenters. The second-order valence-corrected chi connectivity index (χ2v) is 6.98. The van der Waals surface area contributed by atoms with Crippen molar-refractivity contribution >= 4 is 33.1 Å². The third-order valence-corrected chi connectivity index (χ3v) is 4.50. The minimum atomic E-state index is 0.286. The number of anilines is 3. The number of nitrogens with one attached hydrogen (secondary N) is 1. The molecule has 0 fully saturated rings. The molecule has 0 bridgehead atoms. The van der Waals surface area contributed by atoms with Crippen LogP contribution in [0.15, 0.2) is 89.7 Å². The van der Waals surface area contributed by atoms with E-state index in [0.29, 0.717) is 17.3 Å². The van der Waals surface area contributed by atoms with Crippen molar-refractivity contribution < 1.29 is 9.47 Å². The highest BCUT2D eigenvalue weighted by Crippen LogP contribution is 2.32. The summed E-state index contributed by atoms with van der Waals surface area (Å²) in [5.41, 5.74) is 7.32. The monoisotopic (exact) mass is 448 g/mol. The van der Waals surface area contributed by atoms with Crippen LogP contribution in [0.3, 0.4) is 0 Å². The molecule has 144 valence electrons. The quantitative estimate of drug-likeness (QED) is 0.368. The molecule has 29 heavy (non-hydrogen) atoms. The van der Waals surface area contributed by atoms with E-state index in [-0.39, 0.29) is 5.88 Å². The summed E-state index contributed by atoms with van der Waals surface area (Å²) >= 11 is 3.39. The Morgan fingerprint density at radius 1 is 0.724 bits per heavy atom. The molecule has 0 spiro atoms. The van der Waals surface area contributed by atoms with Crippen LogP contribution in [0.1, 0.15) is 0 Å². The standard InChI is InChI=1S/C22H17BrN4O2/c23-15-6-10-19(11-7-15)29-22-20(24)21(25-14-26-22)27-16-8-12-18(13-9-16)28-17-4-2-1-3-5-17/h1-14H,24H2,(H,25,26,27). The molecule has 1 aromatic heterocycles. The van der Waals surface area contributed by atoms with Gasteiger partial charge in [-0.05, 0) is 60.7 Å². The fourth-order valence-electron chi connectivity index (χ4n) is 2.54. The average molecular weight is 449 g/mol. The molecule has 4 aromatic rings. The Balaban J connectivity index is 1.47. The molecule has 3 N–H and O–H groups in total. The van der Waals surface area contributed by atoms with Crippen LogP contribution >= 0.6 is 15.9 Å². The fraction of sp³-hybridized carbons (Fsp3) is 0. The molecule has 6 nitrogen and oxygen atoms in total. The first-order valence-electron chi connectivity index (χ1n) is 8.81. The molecule has 0 saturated heterocycles. The number of nitrogens with zero attached hydrogens (tertiary/aromatic N) is 2. The van der Waals surface area contributed by atoms with Gasteiger partial charge in [0.05, 0.1) is 0 Å². The third kappa shape index (κ3) is 4.83. The maximum Gasteiger partial charge on any atom is 0.248 e. The summed E-state index contributed by atoms with van der Waals surface area (Å²) in [6.07, 6.45) is 1.40. The highest BCUT2D eigenvalue weighted by atomic mass is 79.9. The van der Waals surface area contributed by atoms with Crippen molar-refractivity contribution in [2.45, 2.75) is 0 Å². The van der Waals surface area contributed by atoms with Crippen molar-refractivity contribution in [1.82, 2.24) is 9.97 Å². The molecule has 0 unspecified atom stereocenters. The molecular formula is C22H17BrN4O2. The highest BCUT2D eigenvalue weighted by molar-refractivity contribution is 9.10. The number of hydrogen-bond donors (Lipinski definition) is 2. The topological polar surface area (TPSA) is 82.3 Å². The predicted molar refractivity (Wildman–Crippen MR) is 117 cm³/mol. The van der Waals surface area contributed by atoms with Crippen LogP contribution in [0.5, 0.6) is 23.1 Å².